The Morgan fingerprint density at radius 3 is 2.77 bits per heavy atom. The highest BCUT2D eigenvalue weighted by Gasteiger charge is 2.41. The molecule has 22 heavy (non-hydrogen) atoms. The first-order valence-corrected chi connectivity index (χ1v) is 7.68. The van der Waals surface area contributed by atoms with Crippen LogP contribution in [0, 0.1) is 0 Å². The lowest BCUT2D eigenvalue weighted by Crippen LogP contribution is -2.52. The van der Waals surface area contributed by atoms with Crippen molar-refractivity contribution in [1.82, 2.24) is 10.2 Å². The Labute approximate surface area is 127 Å². The Morgan fingerprint density at radius 2 is 2.09 bits per heavy atom. The molecule has 1 N–H and O–H groups in total. The Kier molecular flexibility index (Phi) is 3.89. The number of piperidine rings is 1. The van der Waals surface area contributed by atoms with Crippen LogP contribution in [0.5, 0.6) is 0 Å². The van der Waals surface area contributed by atoms with Crippen molar-refractivity contribution in [2.75, 3.05) is 0 Å². The maximum Gasteiger partial charge on any atom is 0.416 e. The van der Waals surface area contributed by atoms with Gasteiger partial charge in [-0.3, -0.25) is 10.1 Å². The van der Waals surface area contributed by atoms with Crippen LogP contribution < -0.4 is 5.32 Å². The van der Waals surface area contributed by atoms with E-state index >= 15 is 0 Å². The minimum absolute atomic E-state index is 0.0396. The summed E-state index contributed by atoms with van der Waals surface area (Å²) in [5.74, 6) is -0.296. The van der Waals surface area contributed by atoms with E-state index in [4.69, 9.17) is 0 Å². The smallest absolute Gasteiger partial charge is 0.319 e. The summed E-state index contributed by atoms with van der Waals surface area (Å²) in [7, 11) is 0. The third kappa shape index (κ3) is 2.60. The van der Waals surface area contributed by atoms with Crippen LogP contribution >= 0.6 is 0 Å². The van der Waals surface area contributed by atoms with Crippen molar-refractivity contribution in [2.45, 2.75) is 57.5 Å². The first-order chi connectivity index (χ1) is 10.4. The minimum Gasteiger partial charge on any atom is -0.319 e. The molecular weight excluding hydrogens is 293 g/mol. The number of benzene rings is 1. The van der Waals surface area contributed by atoms with E-state index < -0.39 is 11.7 Å². The Hall–Kier alpha value is -1.56. The number of fused-ring (bicyclic) bond motifs is 1. The van der Waals surface area contributed by atoms with E-state index in [-0.39, 0.29) is 29.7 Å². The van der Waals surface area contributed by atoms with Crippen LogP contribution in [0.15, 0.2) is 18.2 Å². The van der Waals surface area contributed by atoms with Crippen molar-refractivity contribution < 1.29 is 18.0 Å². The molecule has 0 aromatic heterocycles. The number of carbonyl (C=O) groups excluding carboxylic acids is 1. The van der Waals surface area contributed by atoms with E-state index in [1.165, 1.54) is 12.1 Å². The molecule has 1 aromatic carbocycles. The van der Waals surface area contributed by atoms with Gasteiger partial charge < -0.3 is 4.90 Å². The second kappa shape index (κ2) is 5.57. The number of hydrogen-bond donors (Lipinski definition) is 1. The molecule has 0 unspecified atom stereocenters. The Morgan fingerprint density at radius 1 is 1.32 bits per heavy atom. The molecule has 120 valence electrons. The molecule has 0 radical (unpaired) electrons. The van der Waals surface area contributed by atoms with Crippen molar-refractivity contribution in [1.29, 1.82) is 0 Å². The number of nitrogens with zero attached hydrogens (tertiary/aromatic N) is 1. The van der Waals surface area contributed by atoms with E-state index in [2.05, 4.69) is 12.2 Å². The van der Waals surface area contributed by atoms with Gasteiger partial charge in [-0.25, -0.2) is 0 Å². The second-order valence-electron chi connectivity index (χ2n) is 5.98. The SMILES string of the molecule is CC[C@@H]1CCC[C@@H](N2Cc3c(cccc3C(F)(F)F)C2=O)N1. The largest absolute Gasteiger partial charge is 0.416 e. The molecule has 0 bridgehead atoms. The van der Waals surface area contributed by atoms with E-state index in [9.17, 15) is 18.0 Å². The summed E-state index contributed by atoms with van der Waals surface area (Å²) >= 11 is 0. The van der Waals surface area contributed by atoms with Crippen molar-refractivity contribution >= 4 is 5.91 Å². The van der Waals surface area contributed by atoms with Gasteiger partial charge >= 0.3 is 6.18 Å². The van der Waals surface area contributed by atoms with Crippen LogP contribution in [0.3, 0.4) is 0 Å². The molecular formula is C16H19F3N2O. The van der Waals surface area contributed by atoms with Crippen LogP contribution in [-0.2, 0) is 12.7 Å². The van der Waals surface area contributed by atoms with Crippen LogP contribution in [0.2, 0.25) is 0 Å². The van der Waals surface area contributed by atoms with E-state index in [0.717, 1.165) is 31.7 Å². The second-order valence-corrected chi connectivity index (χ2v) is 5.98. The number of alkyl halides is 3. The van der Waals surface area contributed by atoms with Gasteiger partial charge in [0, 0.05) is 18.2 Å². The number of amides is 1. The molecule has 2 aliphatic rings. The fourth-order valence-electron chi connectivity index (χ4n) is 3.44. The highest BCUT2D eigenvalue weighted by molar-refractivity contribution is 5.99. The molecule has 3 nitrogen and oxygen atoms in total. The molecule has 2 atom stereocenters. The van der Waals surface area contributed by atoms with Crippen LogP contribution in [-0.4, -0.2) is 23.0 Å². The number of rotatable bonds is 2. The normalized spacial score (nSPS) is 25.5. The molecule has 1 aromatic rings. The third-order valence-corrected chi connectivity index (χ3v) is 4.63. The van der Waals surface area contributed by atoms with E-state index in [1.807, 2.05) is 0 Å². The molecule has 0 spiro atoms. The first-order valence-electron chi connectivity index (χ1n) is 7.68. The maximum absolute atomic E-state index is 13.1. The summed E-state index contributed by atoms with van der Waals surface area (Å²) in [4.78, 5) is 14.0. The summed E-state index contributed by atoms with van der Waals surface area (Å²) in [5.41, 5.74) is -0.389. The van der Waals surface area contributed by atoms with Gasteiger partial charge in [0.1, 0.15) is 0 Å². The average molecular weight is 312 g/mol. The van der Waals surface area contributed by atoms with Gasteiger partial charge in [0.2, 0.25) is 0 Å². The Bertz CT molecular complexity index is 585. The highest BCUT2D eigenvalue weighted by atomic mass is 19.4. The van der Waals surface area contributed by atoms with Gasteiger partial charge in [-0.2, -0.15) is 13.2 Å². The fourth-order valence-corrected chi connectivity index (χ4v) is 3.44. The van der Waals surface area contributed by atoms with E-state index in [0.29, 0.717) is 6.04 Å². The topological polar surface area (TPSA) is 32.3 Å². The third-order valence-electron chi connectivity index (χ3n) is 4.63. The molecule has 1 saturated heterocycles. The quantitative estimate of drug-likeness (QED) is 0.906. The number of nitrogens with one attached hydrogen (secondary N) is 1. The van der Waals surface area contributed by atoms with E-state index in [1.54, 1.807) is 4.90 Å². The van der Waals surface area contributed by atoms with Crippen LogP contribution in [0.25, 0.3) is 0 Å². The minimum atomic E-state index is -4.42. The van der Waals surface area contributed by atoms with Gasteiger partial charge in [0.25, 0.3) is 5.91 Å². The zero-order valence-electron chi connectivity index (χ0n) is 12.4. The lowest BCUT2D eigenvalue weighted by molar-refractivity contribution is -0.138. The molecule has 2 aliphatic heterocycles. The monoisotopic (exact) mass is 312 g/mol. The van der Waals surface area contributed by atoms with Crippen molar-refractivity contribution in [2.24, 2.45) is 0 Å². The predicted molar refractivity (Wildman–Crippen MR) is 76.2 cm³/mol. The maximum atomic E-state index is 13.1. The van der Waals surface area contributed by atoms with Gasteiger partial charge in [0.15, 0.2) is 0 Å². The summed E-state index contributed by atoms with van der Waals surface area (Å²) in [5, 5.41) is 3.39. The molecule has 1 fully saturated rings. The summed E-state index contributed by atoms with van der Waals surface area (Å²) in [6.45, 7) is 2.11. The standard InChI is InChI=1S/C16H19F3N2O/c1-2-10-5-3-8-14(20-10)21-9-12-11(15(21)22)6-4-7-13(12)16(17,18)19/h4,6-7,10,14,20H,2-3,5,8-9H2,1H3/t10-,14-/m1/s1. The van der Waals surface area contributed by atoms with Crippen molar-refractivity contribution in [3.63, 3.8) is 0 Å². The fraction of sp³-hybridized carbons (Fsp3) is 0.562. The molecule has 6 heteroatoms. The molecule has 2 heterocycles. The molecule has 0 aliphatic carbocycles. The zero-order valence-corrected chi connectivity index (χ0v) is 12.4. The number of hydrogen-bond acceptors (Lipinski definition) is 2. The van der Waals surface area contributed by atoms with Crippen molar-refractivity contribution in [3.8, 4) is 0 Å². The summed E-state index contributed by atoms with van der Waals surface area (Å²) in [6.07, 6.45) is -0.803. The van der Waals surface area contributed by atoms with Crippen molar-refractivity contribution in [3.05, 3.63) is 34.9 Å². The summed E-state index contributed by atoms with van der Waals surface area (Å²) < 4.78 is 39.3. The lowest BCUT2D eigenvalue weighted by Gasteiger charge is -2.36. The number of carbonyl (C=O) groups is 1. The predicted octanol–water partition coefficient (Wildman–Crippen LogP) is 3.54. The average Bonchev–Trinajstić information content (AvgIpc) is 2.83. The van der Waals surface area contributed by atoms with Gasteiger partial charge in [0.05, 0.1) is 11.7 Å². The molecule has 1 amide bonds. The first kappa shape index (κ1) is 15.3. The van der Waals surface area contributed by atoms with Gasteiger partial charge in [-0.1, -0.05) is 13.0 Å². The van der Waals surface area contributed by atoms with Crippen LogP contribution in [0.1, 0.15) is 54.1 Å². The highest BCUT2D eigenvalue weighted by Crippen LogP contribution is 2.38. The Balaban J connectivity index is 1.88. The number of halogens is 3. The molecule has 3 rings (SSSR count). The van der Waals surface area contributed by atoms with Gasteiger partial charge in [-0.05, 0) is 43.4 Å². The van der Waals surface area contributed by atoms with Gasteiger partial charge in [-0.15, -0.1) is 0 Å². The molecule has 0 saturated carbocycles. The van der Waals surface area contributed by atoms with Crippen LogP contribution in [0.4, 0.5) is 13.2 Å². The zero-order chi connectivity index (χ0) is 15.9. The summed E-state index contributed by atoms with van der Waals surface area (Å²) in [6, 6.07) is 4.19. The lowest BCUT2D eigenvalue weighted by atomic mass is 10.00.